The molecule has 0 heterocycles. The number of halogens is 3. The van der Waals surface area contributed by atoms with E-state index in [1.165, 1.54) is 12.1 Å². The van der Waals surface area contributed by atoms with Crippen molar-refractivity contribution in [2.45, 2.75) is 19.3 Å². The Morgan fingerprint density at radius 1 is 1.06 bits per heavy atom. The molecule has 94 valence electrons. The zero-order valence-corrected chi connectivity index (χ0v) is 11.5. The van der Waals surface area contributed by atoms with Gasteiger partial charge in [0.05, 0.1) is 10.0 Å². The van der Waals surface area contributed by atoms with Gasteiger partial charge in [-0.3, -0.25) is 0 Å². The molecule has 0 unspecified atom stereocenters. The van der Waals surface area contributed by atoms with Crippen molar-refractivity contribution in [2.24, 2.45) is 0 Å². The Kier molecular flexibility index (Phi) is 4.26. The lowest BCUT2D eigenvalue weighted by Crippen LogP contribution is -1.99. The Labute approximate surface area is 116 Å². The minimum absolute atomic E-state index is 0.216. The first-order valence-corrected chi connectivity index (χ1v) is 6.52. The first-order valence-electron chi connectivity index (χ1n) is 5.76. The maximum absolute atomic E-state index is 12.8. The van der Waals surface area contributed by atoms with Crippen LogP contribution in [0.5, 0.6) is 0 Å². The summed E-state index contributed by atoms with van der Waals surface area (Å²) in [6.45, 7) is 2.08. The van der Waals surface area contributed by atoms with Gasteiger partial charge in [0.2, 0.25) is 0 Å². The van der Waals surface area contributed by atoms with Gasteiger partial charge in [0.1, 0.15) is 5.82 Å². The van der Waals surface area contributed by atoms with Crippen LogP contribution in [0.1, 0.15) is 24.0 Å². The molecule has 0 aliphatic carbocycles. The molecule has 0 aliphatic rings. The van der Waals surface area contributed by atoms with Crippen LogP contribution in [0, 0.1) is 5.82 Å². The highest BCUT2D eigenvalue weighted by Gasteiger charge is 2.12. The van der Waals surface area contributed by atoms with Crippen molar-refractivity contribution in [3.8, 4) is 0 Å². The predicted molar refractivity (Wildman–Crippen MR) is 75.0 cm³/mol. The highest BCUT2D eigenvalue weighted by Crippen LogP contribution is 2.32. The van der Waals surface area contributed by atoms with Crippen LogP contribution >= 0.6 is 23.2 Å². The number of rotatable bonds is 3. The number of hydrogen-bond acceptors (Lipinski definition) is 0. The average Bonchev–Trinajstić information content (AvgIpc) is 2.35. The fourth-order valence-corrected chi connectivity index (χ4v) is 2.48. The molecule has 0 radical (unpaired) electrons. The van der Waals surface area contributed by atoms with E-state index in [0.29, 0.717) is 10.0 Å². The Balaban J connectivity index is 2.19. The SMILES string of the molecule is C[C@H](Cc1ccc(F)cc1)c1cccc(Cl)c1Cl. The molecule has 0 N–H and O–H groups in total. The average molecular weight is 283 g/mol. The first-order chi connectivity index (χ1) is 8.58. The quantitative estimate of drug-likeness (QED) is 0.699. The molecule has 0 fully saturated rings. The Morgan fingerprint density at radius 3 is 2.39 bits per heavy atom. The summed E-state index contributed by atoms with van der Waals surface area (Å²) < 4.78 is 12.8. The minimum Gasteiger partial charge on any atom is -0.207 e. The van der Waals surface area contributed by atoms with Gasteiger partial charge in [-0.25, -0.2) is 4.39 Å². The Hall–Kier alpha value is -1.05. The molecule has 0 spiro atoms. The lowest BCUT2D eigenvalue weighted by atomic mass is 9.94. The van der Waals surface area contributed by atoms with E-state index >= 15 is 0 Å². The van der Waals surface area contributed by atoms with Gasteiger partial charge < -0.3 is 0 Å². The molecule has 0 saturated heterocycles. The lowest BCUT2D eigenvalue weighted by Gasteiger charge is -2.14. The molecule has 0 saturated carbocycles. The van der Waals surface area contributed by atoms with Crippen LogP contribution in [0.3, 0.4) is 0 Å². The van der Waals surface area contributed by atoms with Gasteiger partial charge in [-0.15, -0.1) is 0 Å². The summed E-state index contributed by atoms with van der Waals surface area (Å²) in [5.74, 6) is 0.0221. The Morgan fingerprint density at radius 2 is 1.72 bits per heavy atom. The summed E-state index contributed by atoms with van der Waals surface area (Å²) >= 11 is 12.2. The minimum atomic E-state index is -0.216. The second-order valence-electron chi connectivity index (χ2n) is 4.37. The Bertz CT molecular complexity index is 535. The van der Waals surface area contributed by atoms with Crippen molar-refractivity contribution in [1.29, 1.82) is 0 Å². The van der Waals surface area contributed by atoms with E-state index in [9.17, 15) is 4.39 Å². The monoisotopic (exact) mass is 282 g/mol. The molecule has 2 rings (SSSR count). The van der Waals surface area contributed by atoms with E-state index in [4.69, 9.17) is 23.2 Å². The molecule has 2 aromatic carbocycles. The molecule has 18 heavy (non-hydrogen) atoms. The van der Waals surface area contributed by atoms with E-state index in [1.807, 2.05) is 12.1 Å². The molecule has 3 heteroatoms. The van der Waals surface area contributed by atoms with E-state index in [1.54, 1.807) is 18.2 Å². The second kappa shape index (κ2) is 5.73. The molecule has 0 amide bonds. The van der Waals surface area contributed by atoms with Crippen LogP contribution in [0.4, 0.5) is 4.39 Å². The van der Waals surface area contributed by atoms with Crippen molar-refractivity contribution in [3.63, 3.8) is 0 Å². The highest BCUT2D eigenvalue weighted by molar-refractivity contribution is 6.42. The standard InChI is InChI=1S/C15H13Cl2F/c1-10(9-11-5-7-12(18)8-6-11)13-3-2-4-14(16)15(13)17/h2-8,10H,9H2,1H3/t10-/m1/s1. The summed E-state index contributed by atoms with van der Waals surface area (Å²) in [6, 6.07) is 12.2. The molecule has 2 aromatic rings. The van der Waals surface area contributed by atoms with Gasteiger partial charge in [0.25, 0.3) is 0 Å². The summed E-state index contributed by atoms with van der Waals surface area (Å²) in [7, 11) is 0. The van der Waals surface area contributed by atoms with E-state index < -0.39 is 0 Å². The smallest absolute Gasteiger partial charge is 0.123 e. The summed E-state index contributed by atoms with van der Waals surface area (Å²) in [6.07, 6.45) is 0.806. The van der Waals surface area contributed by atoms with E-state index in [-0.39, 0.29) is 11.7 Å². The van der Waals surface area contributed by atoms with Crippen LogP contribution in [0.2, 0.25) is 10.0 Å². The molecule has 0 aliphatic heterocycles. The third-order valence-electron chi connectivity index (χ3n) is 2.97. The number of benzene rings is 2. The topological polar surface area (TPSA) is 0 Å². The first kappa shape index (κ1) is 13.4. The maximum Gasteiger partial charge on any atom is 0.123 e. The fourth-order valence-electron chi connectivity index (χ4n) is 1.99. The van der Waals surface area contributed by atoms with Crippen molar-refractivity contribution in [1.82, 2.24) is 0 Å². The van der Waals surface area contributed by atoms with Gasteiger partial charge >= 0.3 is 0 Å². The van der Waals surface area contributed by atoms with Gasteiger partial charge in [-0.2, -0.15) is 0 Å². The van der Waals surface area contributed by atoms with E-state index in [0.717, 1.165) is 17.5 Å². The maximum atomic E-state index is 12.8. The van der Waals surface area contributed by atoms with Crippen LogP contribution in [-0.2, 0) is 6.42 Å². The third kappa shape index (κ3) is 3.04. The zero-order chi connectivity index (χ0) is 13.1. The van der Waals surface area contributed by atoms with Gasteiger partial charge in [0.15, 0.2) is 0 Å². The number of hydrogen-bond donors (Lipinski definition) is 0. The van der Waals surface area contributed by atoms with Crippen LogP contribution in [0.25, 0.3) is 0 Å². The summed E-state index contributed by atoms with van der Waals surface area (Å²) in [5, 5.41) is 1.17. The van der Waals surface area contributed by atoms with E-state index in [2.05, 4.69) is 6.92 Å². The van der Waals surface area contributed by atoms with Gasteiger partial charge in [-0.1, -0.05) is 54.4 Å². The van der Waals surface area contributed by atoms with Crippen molar-refractivity contribution < 1.29 is 4.39 Å². The fraction of sp³-hybridized carbons (Fsp3) is 0.200. The summed E-state index contributed by atoms with van der Waals surface area (Å²) in [4.78, 5) is 0. The van der Waals surface area contributed by atoms with Gasteiger partial charge in [-0.05, 0) is 41.7 Å². The lowest BCUT2D eigenvalue weighted by molar-refractivity contribution is 0.626. The van der Waals surface area contributed by atoms with Crippen molar-refractivity contribution >= 4 is 23.2 Å². The van der Waals surface area contributed by atoms with Crippen LogP contribution in [0.15, 0.2) is 42.5 Å². The molecule has 1 atom stereocenters. The van der Waals surface area contributed by atoms with Crippen molar-refractivity contribution in [2.75, 3.05) is 0 Å². The molecular weight excluding hydrogens is 270 g/mol. The van der Waals surface area contributed by atoms with Gasteiger partial charge in [0, 0.05) is 0 Å². The molecule has 0 nitrogen and oxygen atoms in total. The zero-order valence-electron chi connectivity index (χ0n) is 9.96. The van der Waals surface area contributed by atoms with Crippen LogP contribution in [-0.4, -0.2) is 0 Å². The highest BCUT2D eigenvalue weighted by atomic mass is 35.5. The van der Waals surface area contributed by atoms with Crippen molar-refractivity contribution in [3.05, 3.63) is 69.5 Å². The predicted octanol–water partition coefficient (Wildman–Crippen LogP) is 5.48. The van der Waals surface area contributed by atoms with Crippen LogP contribution < -0.4 is 0 Å². The summed E-state index contributed by atoms with van der Waals surface area (Å²) in [5.41, 5.74) is 2.11. The molecular formula is C15H13Cl2F. The largest absolute Gasteiger partial charge is 0.207 e. The normalized spacial score (nSPS) is 12.4. The molecule has 0 aromatic heterocycles. The second-order valence-corrected chi connectivity index (χ2v) is 5.16. The third-order valence-corrected chi connectivity index (χ3v) is 3.80. The molecule has 0 bridgehead atoms.